The lowest BCUT2D eigenvalue weighted by atomic mass is 10.2. The fourth-order valence-electron chi connectivity index (χ4n) is 1.34. The van der Waals surface area contributed by atoms with Crippen molar-refractivity contribution in [2.75, 3.05) is 25.1 Å². The van der Waals surface area contributed by atoms with Crippen molar-refractivity contribution < 1.29 is 24.2 Å². The molecule has 0 fully saturated rings. The van der Waals surface area contributed by atoms with Crippen molar-refractivity contribution in [1.29, 1.82) is 0 Å². The summed E-state index contributed by atoms with van der Waals surface area (Å²) in [6.07, 6.45) is 1.19. The third kappa shape index (κ3) is 7.47. The molecule has 1 aromatic heterocycles. The van der Waals surface area contributed by atoms with Crippen LogP contribution in [0.15, 0.2) is 18.3 Å². The molecule has 1 heterocycles. The summed E-state index contributed by atoms with van der Waals surface area (Å²) in [4.78, 5) is 36.3. The molecule has 1 rings (SSSR count). The van der Waals surface area contributed by atoms with Crippen LogP contribution in [-0.2, 0) is 20.7 Å². The third-order valence-electron chi connectivity index (χ3n) is 2.19. The van der Waals surface area contributed by atoms with Crippen molar-refractivity contribution in [3.8, 4) is 0 Å². The van der Waals surface area contributed by atoms with E-state index in [2.05, 4.69) is 15.6 Å². The normalized spacial score (nSPS) is 9.90. The summed E-state index contributed by atoms with van der Waals surface area (Å²) in [5.74, 6) is -1.55. The Kier molecular flexibility index (Phi) is 6.61. The van der Waals surface area contributed by atoms with Gasteiger partial charge < -0.3 is 26.2 Å². The van der Waals surface area contributed by atoms with Crippen molar-refractivity contribution in [3.05, 3.63) is 24.0 Å². The van der Waals surface area contributed by atoms with Gasteiger partial charge in [0.25, 0.3) is 0 Å². The number of aliphatic carboxylic acids is 1. The van der Waals surface area contributed by atoms with E-state index in [-0.39, 0.29) is 26.2 Å². The van der Waals surface area contributed by atoms with Gasteiger partial charge in [0.05, 0.1) is 30.6 Å². The van der Waals surface area contributed by atoms with Crippen LogP contribution in [0.4, 0.5) is 10.5 Å². The number of rotatable bonds is 8. The molecule has 1 aromatic rings. The number of anilines is 1. The van der Waals surface area contributed by atoms with E-state index in [9.17, 15) is 14.4 Å². The highest BCUT2D eigenvalue weighted by Gasteiger charge is 2.04. The zero-order valence-corrected chi connectivity index (χ0v) is 11.2. The fourth-order valence-corrected chi connectivity index (χ4v) is 1.34. The number of hydrogen-bond acceptors (Lipinski definition) is 5. The van der Waals surface area contributed by atoms with Crippen LogP contribution in [-0.4, -0.2) is 47.8 Å². The van der Waals surface area contributed by atoms with Crippen LogP contribution in [0.1, 0.15) is 5.69 Å². The number of pyridine rings is 1. The Balaban J connectivity index is 2.27. The molecule has 0 aromatic carbocycles. The molecule has 0 atom stereocenters. The van der Waals surface area contributed by atoms with Crippen molar-refractivity contribution in [2.45, 2.75) is 6.42 Å². The Bertz CT molecular complexity index is 503. The Morgan fingerprint density at radius 2 is 2.10 bits per heavy atom. The van der Waals surface area contributed by atoms with Gasteiger partial charge in [-0.25, -0.2) is 4.79 Å². The number of nitrogens with zero attached hydrogens (tertiary/aromatic N) is 1. The second-order valence-electron chi connectivity index (χ2n) is 4.01. The Hall–Kier alpha value is -2.68. The van der Waals surface area contributed by atoms with Crippen LogP contribution in [0.25, 0.3) is 0 Å². The number of carboxylic acids is 1. The highest BCUT2D eigenvalue weighted by Crippen LogP contribution is 2.06. The van der Waals surface area contributed by atoms with Gasteiger partial charge in [-0.3, -0.25) is 14.6 Å². The number of nitrogens with one attached hydrogen (secondary N) is 2. The highest BCUT2D eigenvalue weighted by atomic mass is 16.5. The van der Waals surface area contributed by atoms with E-state index < -0.39 is 17.9 Å². The summed E-state index contributed by atoms with van der Waals surface area (Å²) in [5, 5.41) is 13.6. The van der Waals surface area contributed by atoms with E-state index >= 15 is 0 Å². The predicted octanol–water partition coefficient (Wildman–Crippen LogP) is -0.668. The molecule has 0 saturated carbocycles. The molecule has 0 aliphatic heterocycles. The second-order valence-corrected chi connectivity index (χ2v) is 4.01. The molecule has 0 aliphatic rings. The first-order chi connectivity index (χ1) is 9.97. The van der Waals surface area contributed by atoms with Crippen molar-refractivity contribution >= 4 is 23.6 Å². The van der Waals surface area contributed by atoms with Gasteiger partial charge in [0.1, 0.15) is 6.61 Å². The molecule has 9 heteroatoms. The molecular formula is C12H16N4O5. The fraction of sp³-hybridized carbons (Fsp3) is 0.333. The van der Waals surface area contributed by atoms with Gasteiger partial charge in [0.15, 0.2) is 0 Å². The molecular weight excluding hydrogens is 280 g/mol. The Morgan fingerprint density at radius 3 is 2.67 bits per heavy atom. The van der Waals surface area contributed by atoms with Crippen LogP contribution in [0.2, 0.25) is 0 Å². The molecule has 0 aliphatic carbocycles. The van der Waals surface area contributed by atoms with Crippen molar-refractivity contribution in [1.82, 2.24) is 10.3 Å². The van der Waals surface area contributed by atoms with Crippen LogP contribution >= 0.6 is 0 Å². The predicted molar refractivity (Wildman–Crippen MR) is 72.6 cm³/mol. The van der Waals surface area contributed by atoms with Gasteiger partial charge >= 0.3 is 12.0 Å². The first-order valence-corrected chi connectivity index (χ1v) is 6.05. The van der Waals surface area contributed by atoms with Crippen LogP contribution in [0.3, 0.4) is 0 Å². The molecule has 3 amide bonds. The summed E-state index contributed by atoms with van der Waals surface area (Å²) in [7, 11) is 0. The quantitative estimate of drug-likeness (QED) is 0.468. The maximum atomic E-state index is 11.5. The van der Waals surface area contributed by atoms with E-state index in [1.54, 1.807) is 6.07 Å². The molecule has 0 unspecified atom stereocenters. The molecule has 9 nitrogen and oxygen atoms in total. The van der Waals surface area contributed by atoms with Gasteiger partial charge in [-0.2, -0.15) is 0 Å². The zero-order valence-electron chi connectivity index (χ0n) is 11.2. The summed E-state index contributed by atoms with van der Waals surface area (Å²) in [5.41, 5.74) is 5.70. The number of primary amides is 1. The number of carbonyl (C=O) groups excluding carboxylic acids is 2. The molecule has 0 bridgehead atoms. The van der Waals surface area contributed by atoms with Gasteiger partial charge in [0, 0.05) is 6.54 Å². The van der Waals surface area contributed by atoms with Gasteiger partial charge in [-0.1, -0.05) is 0 Å². The molecule has 0 spiro atoms. The third-order valence-corrected chi connectivity index (χ3v) is 2.19. The lowest BCUT2D eigenvalue weighted by Crippen LogP contribution is -2.32. The van der Waals surface area contributed by atoms with E-state index in [1.165, 1.54) is 12.3 Å². The number of nitrogens with two attached hydrogens (primary N) is 1. The van der Waals surface area contributed by atoms with Gasteiger partial charge in [-0.15, -0.1) is 0 Å². The number of aromatic nitrogens is 1. The molecule has 114 valence electrons. The number of hydrogen-bond donors (Lipinski definition) is 4. The number of ether oxygens (including phenoxy) is 1. The summed E-state index contributed by atoms with van der Waals surface area (Å²) in [6, 6.07) is 2.60. The lowest BCUT2D eigenvalue weighted by molar-refractivity contribution is -0.136. The van der Waals surface area contributed by atoms with E-state index in [0.29, 0.717) is 11.4 Å². The first kappa shape index (κ1) is 16.4. The van der Waals surface area contributed by atoms with Crippen LogP contribution in [0, 0.1) is 0 Å². The minimum Gasteiger partial charge on any atom is -0.481 e. The maximum absolute atomic E-state index is 11.5. The summed E-state index contributed by atoms with van der Waals surface area (Å²) < 4.78 is 4.86. The molecule has 21 heavy (non-hydrogen) atoms. The molecule has 0 saturated heterocycles. The number of carboxylic acid groups (broad SMARTS) is 1. The largest absolute Gasteiger partial charge is 0.481 e. The average Bonchev–Trinajstić information content (AvgIpc) is 2.39. The molecule has 0 radical (unpaired) electrons. The Labute approximate surface area is 120 Å². The van der Waals surface area contributed by atoms with Crippen molar-refractivity contribution in [2.24, 2.45) is 5.73 Å². The van der Waals surface area contributed by atoms with Crippen LogP contribution < -0.4 is 16.4 Å². The second kappa shape index (κ2) is 8.48. The monoisotopic (exact) mass is 296 g/mol. The minimum absolute atomic E-state index is 0.159. The van der Waals surface area contributed by atoms with E-state index in [4.69, 9.17) is 15.6 Å². The summed E-state index contributed by atoms with van der Waals surface area (Å²) >= 11 is 0. The summed E-state index contributed by atoms with van der Waals surface area (Å²) in [6.45, 7) is 0.175. The SMILES string of the molecule is NC(=O)COCCNC(=O)Nc1ccc(CC(=O)O)nc1. The minimum atomic E-state index is -0.975. The average molecular weight is 296 g/mol. The Morgan fingerprint density at radius 1 is 1.33 bits per heavy atom. The number of urea groups is 1. The van der Waals surface area contributed by atoms with E-state index in [1.807, 2.05) is 0 Å². The van der Waals surface area contributed by atoms with Crippen LogP contribution in [0.5, 0.6) is 0 Å². The highest BCUT2D eigenvalue weighted by molar-refractivity contribution is 5.89. The number of carbonyl (C=O) groups is 3. The lowest BCUT2D eigenvalue weighted by Gasteiger charge is -2.07. The van der Waals surface area contributed by atoms with E-state index in [0.717, 1.165) is 0 Å². The smallest absolute Gasteiger partial charge is 0.319 e. The van der Waals surface area contributed by atoms with Gasteiger partial charge in [-0.05, 0) is 12.1 Å². The standard InChI is InChI=1S/C12H16N4O5/c13-10(17)7-21-4-3-14-12(20)16-9-2-1-8(15-6-9)5-11(18)19/h1-2,6H,3-5,7H2,(H2,13,17)(H,18,19)(H2,14,16,20). The number of amides is 3. The maximum Gasteiger partial charge on any atom is 0.319 e. The van der Waals surface area contributed by atoms with Gasteiger partial charge in [0.2, 0.25) is 5.91 Å². The zero-order chi connectivity index (χ0) is 15.7. The van der Waals surface area contributed by atoms with Crippen molar-refractivity contribution in [3.63, 3.8) is 0 Å². The first-order valence-electron chi connectivity index (χ1n) is 6.05. The topological polar surface area (TPSA) is 144 Å². The molecule has 5 N–H and O–H groups in total.